The Balaban J connectivity index is 1.38. The highest BCUT2D eigenvalue weighted by Crippen LogP contribution is 2.36. The van der Waals surface area contributed by atoms with E-state index in [1.54, 1.807) is 4.90 Å². The summed E-state index contributed by atoms with van der Waals surface area (Å²) < 4.78 is 38.2. The molecule has 2 N–H and O–H groups in total. The van der Waals surface area contributed by atoms with Gasteiger partial charge in [-0.15, -0.1) is 0 Å². The monoisotopic (exact) mass is 417 g/mol. The summed E-state index contributed by atoms with van der Waals surface area (Å²) in [6.07, 6.45) is -1.28. The molecule has 2 aliphatic heterocycles. The predicted octanol–water partition coefficient (Wildman–Crippen LogP) is 4.96. The van der Waals surface area contributed by atoms with E-state index in [-0.39, 0.29) is 6.03 Å². The molecule has 30 heavy (non-hydrogen) atoms. The Bertz CT molecular complexity index is 962. The number of amides is 2. The molecule has 0 bridgehead atoms. The number of urea groups is 1. The quantitative estimate of drug-likeness (QED) is 0.727. The molecule has 158 valence electrons. The number of rotatable bonds is 2. The fraction of sp³-hybridized carbons (Fsp3) is 0.318. The second kappa shape index (κ2) is 7.68. The summed E-state index contributed by atoms with van der Waals surface area (Å²) in [5.74, 6) is 0. The smallest absolute Gasteiger partial charge is 0.324 e. The lowest BCUT2D eigenvalue weighted by atomic mass is 9.90. The van der Waals surface area contributed by atoms with Crippen LogP contribution in [0.25, 0.3) is 5.70 Å². The van der Waals surface area contributed by atoms with E-state index in [1.165, 1.54) is 12.1 Å². The van der Waals surface area contributed by atoms with Gasteiger partial charge < -0.3 is 10.2 Å². The Hall–Kier alpha value is -3.00. The van der Waals surface area contributed by atoms with Gasteiger partial charge in [0, 0.05) is 31.6 Å². The van der Waals surface area contributed by atoms with Gasteiger partial charge in [-0.1, -0.05) is 24.3 Å². The number of anilines is 1. The van der Waals surface area contributed by atoms with Crippen molar-refractivity contribution in [2.24, 2.45) is 0 Å². The van der Waals surface area contributed by atoms with E-state index in [2.05, 4.69) is 10.8 Å². The maximum atomic E-state index is 12.7. The molecule has 0 aromatic heterocycles. The van der Waals surface area contributed by atoms with E-state index >= 15 is 0 Å². The molecule has 0 saturated carbocycles. The van der Waals surface area contributed by atoms with E-state index in [0.29, 0.717) is 37.2 Å². The number of halogens is 3. The van der Waals surface area contributed by atoms with Crippen LogP contribution in [0.4, 0.5) is 23.7 Å². The van der Waals surface area contributed by atoms with Crippen molar-refractivity contribution >= 4 is 17.4 Å². The number of carbonyl (C=O) groups is 1. The molecular formula is C22H22F3N3O2. The van der Waals surface area contributed by atoms with Crippen LogP contribution >= 0.6 is 0 Å². The van der Waals surface area contributed by atoms with Gasteiger partial charge in [0.2, 0.25) is 0 Å². The van der Waals surface area contributed by atoms with Gasteiger partial charge in [0.15, 0.2) is 0 Å². The molecule has 0 radical (unpaired) electrons. The van der Waals surface area contributed by atoms with Crippen LogP contribution in [0, 0.1) is 6.92 Å². The first-order valence-electron chi connectivity index (χ1n) is 9.71. The van der Waals surface area contributed by atoms with Crippen LogP contribution in [-0.2, 0) is 11.0 Å². The third kappa shape index (κ3) is 4.28. The van der Waals surface area contributed by atoms with Gasteiger partial charge in [-0.3, -0.25) is 10.3 Å². The third-order valence-corrected chi connectivity index (χ3v) is 5.46. The number of carbonyl (C=O) groups excluding carboxylic acids is 1. The molecule has 2 heterocycles. The minimum absolute atomic E-state index is 0.159. The van der Waals surface area contributed by atoms with Gasteiger partial charge in [0.25, 0.3) is 0 Å². The second-order valence-corrected chi connectivity index (χ2v) is 7.69. The number of alkyl halides is 3. The lowest BCUT2D eigenvalue weighted by Gasteiger charge is -2.36. The van der Waals surface area contributed by atoms with Gasteiger partial charge in [-0.2, -0.15) is 13.2 Å². The number of hydroxylamine groups is 1. The van der Waals surface area contributed by atoms with Crippen molar-refractivity contribution in [1.82, 2.24) is 10.4 Å². The van der Waals surface area contributed by atoms with E-state index in [1.807, 2.05) is 37.3 Å². The lowest BCUT2D eigenvalue weighted by molar-refractivity contribution is -0.137. The molecule has 5 nitrogen and oxygen atoms in total. The Kier molecular flexibility index (Phi) is 5.19. The number of hydrogen-bond acceptors (Lipinski definition) is 3. The van der Waals surface area contributed by atoms with Gasteiger partial charge in [0.1, 0.15) is 5.60 Å². The highest BCUT2D eigenvalue weighted by molar-refractivity contribution is 5.89. The summed E-state index contributed by atoms with van der Waals surface area (Å²) in [4.78, 5) is 20.1. The van der Waals surface area contributed by atoms with Crippen molar-refractivity contribution in [3.8, 4) is 0 Å². The number of hydrogen-bond donors (Lipinski definition) is 2. The molecular weight excluding hydrogens is 395 g/mol. The summed E-state index contributed by atoms with van der Waals surface area (Å²) in [5.41, 5.74) is 4.67. The summed E-state index contributed by atoms with van der Waals surface area (Å²) >= 11 is 0. The van der Waals surface area contributed by atoms with Crippen LogP contribution in [-0.4, -0.2) is 29.6 Å². The van der Waals surface area contributed by atoms with E-state index in [9.17, 15) is 18.0 Å². The number of piperidine rings is 1. The number of benzene rings is 2. The van der Waals surface area contributed by atoms with Crippen LogP contribution in [0.3, 0.4) is 0 Å². The fourth-order valence-electron chi connectivity index (χ4n) is 3.72. The van der Waals surface area contributed by atoms with Crippen molar-refractivity contribution in [3.63, 3.8) is 0 Å². The van der Waals surface area contributed by atoms with Gasteiger partial charge in [-0.25, -0.2) is 4.79 Å². The highest BCUT2D eigenvalue weighted by Gasteiger charge is 2.40. The molecule has 1 spiro atoms. The number of likely N-dealkylation sites (tertiary alicyclic amines) is 1. The normalized spacial score (nSPS) is 18.1. The third-order valence-electron chi connectivity index (χ3n) is 5.46. The van der Waals surface area contributed by atoms with E-state index in [0.717, 1.165) is 23.4 Å². The van der Waals surface area contributed by atoms with Crippen LogP contribution in [0.1, 0.15) is 29.5 Å². The molecule has 0 atom stereocenters. The number of nitrogens with zero attached hydrogens (tertiary/aromatic N) is 1. The Morgan fingerprint density at radius 1 is 1.13 bits per heavy atom. The van der Waals surface area contributed by atoms with Gasteiger partial charge >= 0.3 is 12.2 Å². The molecule has 4 rings (SSSR count). The predicted molar refractivity (Wildman–Crippen MR) is 107 cm³/mol. The minimum atomic E-state index is -4.36. The van der Waals surface area contributed by atoms with Crippen LogP contribution < -0.4 is 10.8 Å². The molecule has 0 unspecified atom stereocenters. The van der Waals surface area contributed by atoms with Crippen LogP contribution in [0.15, 0.2) is 54.6 Å². The average Bonchev–Trinajstić information content (AvgIpc) is 3.11. The zero-order valence-electron chi connectivity index (χ0n) is 16.4. The zero-order chi connectivity index (χ0) is 21.4. The highest BCUT2D eigenvalue weighted by atomic mass is 19.4. The first kappa shape index (κ1) is 20.3. The molecule has 8 heteroatoms. The molecule has 0 aliphatic carbocycles. The van der Waals surface area contributed by atoms with Crippen molar-refractivity contribution < 1.29 is 22.8 Å². The standard InChI is InChI=1S/C22H22F3N3O2/c1-15-3-2-4-18(13-15)26-20(29)28-11-9-21(10-12-28)14-19(27-30-21)16-5-7-17(8-6-16)22(23,24)25/h2-8,13-14,27H,9-12H2,1H3,(H,26,29). The Morgan fingerprint density at radius 2 is 1.83 bits per heavy atom. The summed E-state index contributed by atoms with van der Waals surface area (Å²) in [7, 11) is 0. The molecule has 1 fully saturated rings. The van der Waals surface area contributed by atoms with Gasteiger partial charge in [0.05, 0.1) is 11.3 Å². The van der Waals surface area contributed by atoms with Crippen LogP contribution in [0.2, 0.25) is 0 Å². The second-order valence-electron chi connectivity index (χ2n) is 7.69. The van der Waals surface area contributed by atoms with Crippen molar-refractivity contribution in [3.05, 3.63) is 71.3 Å². The summed E-state index contributed by atoms with van der Waals surface area (Å²) in [6, 6.07) is 12.4. The number of aryl methyl sites for hydroxylation is 1. The van der Waals surface area contributed by atoms with E-state index < -0.39 is 17.3 Å². The SMILES string of the molecule is Cc1cccc(NC(=O)N2CCC3(C=C(c4ccc(C(F)(F)F)cc4)NO3)CC2)c1. The Morgan fingerprint density at radius 3 is 2.47 bits per heavy atom. The first-order chi connectivity index (χ1) is 14.2. The van der Waals surface area contributed by atoms with Crippen molar-refractivity contribution in [2.75, 3.05) is 18.4 Å². The maximum absolute atomic E-state index is 12.7. The van der Waals surface area contributed by atoms with Gasteiger partial charge in [-0.05, 0) is 48.4 Å². The van der Waals surface area contributed by atoms with Crippen molar-refractivity contribution in [1.29, 1.82) is 0 Å². The fourth-order valence-corrected chi connectivity index (χ4v) is 3.72. The van der Waals surface area contributed by atoms with Crippen molar-refractivity contribution in [2.45, 2.75) is 31.5 Å². The van der Waals surface area contributed by atoms with E-state index in [4.69, 9.17) is 4.84 Å². The van der Waals surface area contributed by atoms with Crippen LogP contribution in [0.5, 0.6) is 0 Å². The summed E-state index contributed by atoms with van der Waals surface area (Å²) in [6.45, 7) is 2.98. The topological polar surface area (TPSA) is 53.6 Å². The molecule has 1 saturated heterocycles. The average molecular weight is 417 g/mol. The molecule has 2 aromatic carbocycles. The number of nitrogens with one attached hydrogen (secondary N) is 2. The Labute approximate surface area is 172 Å². The maximum Gasteiger partial charge on any atom is 0.416 e. The first-order valence-corrected chi connectivity index (χ1v) is 9.71. The molecule has 2 aromatic rings. The summed E-state index contributed by atoms with van der Waals surface area (Å²) in [5, 5.41) is 2.91. The lowest BCUT2D eigenvalue weighted by Crippen LogP contribution is -2.48. The largest absolute Gasteiger partial charge is 0.416 e. The zero-order valence-corrected chi connectivity index (χ0v) is 16.4. The molecule has 2 amide bonds. The molecule has 2 aliphatic rings. The minimum Gasteiger partial charge on any atom is -0.324 e.